The molecule has 1 aliphatic heterocycles. The van der Waals surface area contributed by atoms with Gasteiger partial charge in [-0.1, -0.05) is 6.07 Å². The van der Waals surface area contributed by atoms with Crippen LogP contribution in [0.25, 0.3) is 0 Å². The lowest BCUT2D eigenvalue weighted by atomic mass is 10.1. The molecule has 86 valence electrons. The van der Waals surface area contributed by atoms with Gasteiger partial charge in [0.25, 0.3) is 5.91 Å². The molecule has 2 N–H and O–H groups in total. The van der Waals surface area contributed by atoms with Crippen LogP contribution in [0.15, 0.2) is 18.2 Å². The molecule has 0 aliphatic carbocycles. The second-order valence-corrected chi connectivity index (χ2v) is 4.09. The molecule has 0 unspecified atom stereocenters. The number of carbonyl (C=O) groups excluding carboxylic acids is 1. The molecule has 1 aliphatic rings. The van der Waals surface area contributed by atoms with Gasteiger partial charge in [0.05, 0.1) is 11.3 Å². The normalized spacial score (nSPS) is 13.7. The average Bonchev–Trinajstić information content (AvgIpc) is 2.27. The van der Waals surface area contributed by atoms with E-state index in [1.54, 1.807) is 6.07 Å². The predicted octanol–water partition coefficient (Wildman–Crippen LogP) is 1.63. The Balaban J connectivity index is 2.30. The third kappa shape index (κ3) is 2.10. The van der Waals surface area contributed by atoms with Crippen molar-refractivity contribution in [2.75, 3.05) is 18.5 Å². The molecule has 0 aromatic heterocycles. The van der Waals surface area contributed by atoms with Crippen LogP contribution in [0.4, 0.5) is 5.69 Å². The van der Waals surface area contributed by atoms with Crippen molar-refractivity contribution in [3.8, 4) is 5.75 Å². The molecule has 2 rings (SSSR count). The van der Waals surface area contributed by atoms with Gasteiger partial charge < -0.3 is 15.4 Å². The van der Waals surface area contributed by atoms with Crippen LogP contribution in [-0.4, -0.2) is 25.1 Å². The number of benzene rings is 1. The fourth-order valence-corrected chi connectivity index (χ4v) is 1.69. The van der Waals surface area contributed by atoms with Crippen molar-refractivity contribution < 1.29 is 9.53 Å². The van der Waals surface area contributed by atoms with Gasteiger partial charge in [0.2, 0.25) is 0 Å². The highest BCUT2D eigenvalue weighted by atomic mass is 16.5. The van der Waals surface area contributed by atoms with E-state index in [2.05, 4.69) is 10.6 Å². The maximum absolute atomic E-state index is 11.9. The summed E-state index contributed by atoms with van der Waals surface area (Å²) in [5.74, 6) is 0.572. The zero-order valence-electron chi connectivity index (χ0n) is 9.54. The summed E-state index contributed by atoms with van der Waals surface area (Å²) >= 11 is 0. The number of nitrogens with one attached hydrogen (secondary N) is 2. The number of hydrogen-bond acceptors (Lipinski definition) is 3. The fraction of sp³-hybridized carbons (Fsp3) is 0.417. The van der Waals surface area contributed by atoms with Gasteiger partial charge in [-0.3, -0.25) is 4.79 Å². The minimum Gasteiger partial charge on any atom is -0.489 e. The van der Waals surface area contributed by atoms with Crippen molar-refractivity contribution in [2.45, 2.75) is 19.9 Å². The molecule has 0 spiro atoms. The smallest absolute Gasteiger partial charge is 0.255 e. The number of para-hydroxylation sites is 1. The fourth-order valence-electron chi connectivity index (χ4n) is 1.69. The molecule has 0 bridgehead atoms. The van der Waals surface area contributed by atoms with Crippen LogP contribution in [0.5, 0.6) is 5.75 Å². The van der Waals surface area contributed by atoms with Crippen LogP contribution in [0, 0.1) is 0 Å². The molecule has 0 radical (unpaired) electrons. The van der Waals surface area contributed by atoms with Crippen LogP contribution in [0.2, 0.25) is 0 Å². The van der Waals surface area contributed by atoms with E-state index < -0.39 is 0 Å². The molecule has 1 aromatic rings. The first kappa shape index (κ1) is 10.8. The van der Waals surface area contributed by atoms with Gasteiger partial charge in [0.15, 0.2) is 5.75 Å². The summed E-state index contributed by atoms with van der Waals surface area (Å²) in [6.07, 6.45) is 0. The Morgan fingerprint density at radius 3 is 3.06 bits per heavy atom. The van der Waals surface area contributed by atoms with Gasteiger partial charge in [-0.2, -0.15) is 0 Å². The van der Waals surface area contributed by atoms with Crippen LogP contribution in [0.3, 0.4) is 0 Å². The molecule has 4 heteroatoms. The summed E-state index contributed by atoms with van der Waals surface area (Å²) in [6.45, 7) is 5.25. The van der Waals surface area contributed by atoms with Crippen LogP contribution in [-0.2, 0) is 0 Å². The van der Waals surface area contributed by atoms with Crippen molar-refractivity contribution >= 4 is 11.6 Å². The van der Waals surface area contributed by atoms with Crippen molar-refractivity contribution in [2.24, 2.45) is 0 Å². The van der Waals surface area contributed by atoms with Crippen LogP contribution < -0.4 is 15.4 Å². The molecule has 0 fully saturated rings. The quantitative estimate of drug-likeness (QED) is 0.796. The summed E-state index contributed by atoms with van der Waals surface area (Å²) < 4.78 is 5.53. The molecule has 0 atom stereocenters. The molecular weight excluding hydrogens is 204 g/mol. The Bertz CT molecular complexity index is 402. The zero-order chi connectivity index (χ0) is 11.5. The maximum Gasteiger partial charge on any atom is 0.255 e. The Labute approximate surface area is 95.0 Å². The van der Waals surface area contributed by atoms with E-state index in [9.17, 15) is 4.79 Å². The third-order valence-corrected chi connectivity index (χ3v) is 2.34. The Hall–Kier alpha value is -1.71. The predicted molar refractivity (Wildman–Crippen MR) is 63.0 cm³/mol. The van der Waals surface area contributed by atoms with Gasteiger partial charge >= 0.3 is 0 Å². The zero-order valence-corrected chi connectivity index (χ0v) is 9.54. The number of fused-ring (bicyclic) bond motifs is 1. The molecule has 0 saturated carbocycles. The van der Waals surface area contributed by atoms with E-state index in [0.717, 1.165) is 12.2 Å². The first-order valence-electron chi connectivity index (χ1n) is 5.49. The van der Waals surface area contributed by atoms with Gasteiger partial charge in [-0.05, 0) is 26.0 Å². The van der Waals surface area contributed by atoms with Crippen LogP contribution in [0.1, 0.15) is 24.2 Å². The Kier molecular flexibility index (Phi) is 2.99. The number of hydrogen-bond donors (Lipinski definition) is 2. The molecule has 16 heavy (non-hydrogen) atoms. The summed E-state index contributed by atoms with van der Waals surface area (Å²) in [5.41, 5.74) is 1.49. The first-order valence-corrected chi connectivity index (χ1v) is 5.49. The van der Waals surface area contributed by atoms with E-state index in [0.29, 0.717) is 17.9 Å². The minimum absolute atomic E-state index is 0.0875. The minimum atomic E-state index is -0.0875. The number of ether oxygens (including phenoxy) is 1. The second kappa shape index (κ2) is 4.43. The largest absolute Gasteiger partial charge is 0.489 e. The van der Waals surface area contributed by atoms with Gasteiger partial charge in [0.1, 0.15) is 6.61 Å². The highest BCUT2D eigenvalue weighted by Crippen LogP contribution is 2.31. The number of rotatable bonds is 2. The standard InChI is InChI=1S/C12H16N2O2/c1-8(2)14-12(15)9-4-3-5-10-11(9)16-7-6-13-10/h3-5,8,13H,6-7H2,1-2H3,(H,14,15). The number of carbonyl (C=O) groups is 1. The lowest BCUT2D eigenvalue weighted by Crippen LogP contribution is -2.31. The SMILES string of the molecule is CC(C)NC(=O)c1cccc2c1OCCN2. The van der Waals surface area contributed by atoms with E-state index in [4.69, 9.17) is 4.74 Å². The Morgan fingerprint density at radius 1 is 1.50 bits per heavy atom. The lowest BCUT2D eigenvalue weighted by molar-refractivity contribution is 0.0939. The summed E-state index contributed by atoms with van der Waals surface area (Å²) in [4.78, 5) is 11.9. The van der Waals surface area contributed by atoms with Gasteiger partial charge in [-0.25, -0.2) is 0 Å². The first-order chi connectivity index (χ1) is 7.68. The van der Waals surface area contributed by atoms with E-state index in [1.165, 1.54) is 0 Å². The van der Waals surface area contributed by atoms with E-state index in [1.807, 2.05) is 26.0 Å². The summed E-state index contributed by atoms with van der Waals surface area (Å²) in [6, 6.07) is 5.68. The van der Waals surface area contributed by atoms with Gasteiger partial charge in [0, 0.05) is 12.6 Å². The van der Waals surface area contributed by atoms with Crippen molar-refractivity contribution in [3.05, 3.63) is 23.8 Å². The molecule has 0 saturated heterocycles. The second-order valence-electron chi connectivity index (χ2n) is 4.09. The number of anilines is 1. The highest BCUT2D eigenvalue weighted by Gasteiger charge is 2.18. The van der Waals surface area contributed by atoms with Crippen molar-refractivity contribution in [1.29, 1.82) is 0 Å². The van der Waals surface area contributed by atoms with Crippen molar-refractivity contribution in [1.82, 2.24) is 5.32 Å². The summed E-state index contributed by atoms with van der Waals surface area (Å²) in [5, 5.41) is 6.07. The molecule has 4 nitrogen and oxygen atoms in total. The van der Waals surface area contributed by atoms with Crippen LogP contribution >= 0.6 is 0 Å². The molecule has 1 amide bonds. The molecule has 1 heterocycles. The lowest BCUT2D eigenvalue weighted by Gasteiger charge is -2.21. The topological polar surface area (TPSA) is 50.4 Å². The average molecular weight is 220 g/mol. The maximum atomic E-state index is 11.9. The Morgan fingerprint density at radius 2 is 2.31 bits per heavy atom. The van der Waals surface area contributed by atoms with Crippen molar-refractivity contribution in [3.63, 3.8) is 0 Å². The molecular formula is C12H16N2O2. The van der Waals surface area contributed by atoms with E-state index in [-0.39, 0.29) is 11.9 Å². The number of amides is 1. The summed E-state index contributed by atoms with van der Waals surface area (Å²) in [7, 11) is 0. The monoisotopic (exact) mass is 220 g/mol. The van der Waals surface area contributed by atoms with E-state index >= 15 is 0 Å². The molecule has 1 aromatic carbocycles. The third-order valence-electron chi connectivity index (χ3n) is 2.34. The highest BCUT2D eigenvalue weighted by molar-refractivity contribution is 5.99. The van der Waals surface area contributed by atoms with Gasteiger partial charge in [-0.15, -0.1) is 0 Å².